The van der Waals surface area contributed by atoms with Gasteiger partial charge in [0.1, 0.15) is 5.75 Å². The number of thiocarbonyl (C=S) groups is 1. The number of aromatic hydroxyl groups is 1. The fourth-order valence-electron chi connectivity index (χ4n) is 1.54. The third kappa shape index (κ3) is 3.79. The predicted octanol–water partition coefficient (Wildman–Crippen LogP) is 3.28. The highest BCUT2D eigenvalue weighted by Crippen LogP contribution is 2.21. The van der Waals surface area contributed by atoms with Crippen molar-refractivity contribution in [2.24, 2.45) is 0 Å². The summed E-state index contributed by atoms with van der Waals surface area (Å²) in [5, 5.41) is 15.0. The van der Waals surface area contributed by atoms with E-state index in [-0.39, 0.29) is 16.8 Å². The normalized spacial score (nSPS) is 9.85. The molecule has 2 rings (SSSR count). The van der Waals surface area contributed by atoms with Gasteiger partial charge in [0.15, 0.2) is 5.11 Å². The quantitative estimate of drug-likeness (QED) is 0.574. The number of anilines is 1. The number of halogens is 1. The molecule has 0 aliphatic carbocycles. The zero-order valence-electron chi connectivity index (χ0n) is 10.3. The first-order valence-electron chi connectivity index (χ1n) is 5.72. The molecule has 0 heterocycles. The summed E-state index contributed by atoms with van der Waals surface area (Å²) < 4.78 is 0.810. The molecule has 0 fully saturated rings. The van der Waals surface area contributed by atoms with Gasteiger partial charge in [0.05, 0.1) is 5.69 Å². The van der Waals surface area contributed by atoms with Crippen molar-refractivity contribution in [2.75, 3.05) is 5.32 Å². The van der Waals surface area contributed by atoms with Gasteiger partial charge in [0.2, 0.25) is 0 Å². The van der Waals surface area contributed by atoms with Crippen LogP contribution in [0.25, 0.3) is 0 Å². The van der Waals surface area contributed by atoms with Crippen LogP contribution >= 0.6 is 28.1 Å². The lowest BCUT2D eigenvalue weighted by molar-refractivity contribution is 0.0977. The van der Waals surface area contributed by atoms with Gasteiger partial charge in [-0.25, -0.2) is 0 Å². The summed E-state index contributed by atoms with van der Waals surface area (Å²) >= 11 is 8.34. The molecule has 2 aromatic carbocycles. The molecule has 0 aromatic heterocycles. The van der Waals surface area contributed by atoms with Crippen LogP contribution in [0.4, 0.5) is 5.69 Å². The van der Waals surface area contributed by atoms with Crippen LogP contribution in [0.15, 0.2) is 53.0 Å². The third-order valence-corrected chi connectivity index (χ3v) is 3.16. The zero-order chi connectivity index (χ0) is 14.5. The number of amides is 1. The number of rotatable bonds is 2. The van der Waals surface area contributed by atoms with Crippen LogP contribution in [0.1, 0.15) is 10.4 Å². The molecule has 0 aliphatic heterocycles. The predicted molar refractivity (Wildman–Crippen MR) is 85.9 cm³/mol. The molecule has 3 N–H and O–H groups in total. The summed E-state index contributed by atoms with van der Waals surface area (Å²) in [6.07, 6.45) is 0. The Bertz CT molecular complexity index is 661. The van der Waals surface area contributed by atoms with Gasteiger partial charge >= 0.3 is 0 Å². The molecular formula is C14H11BrN2O2S. The van der Waals surface area contributed by atoms with E-state index in [1.54, 1.807) is 36.4 Å². The summed E-state index contributed by atoms with van der Waals surface area (Å²) in [5.41, 5.74) is 0.924. The van der Waals surface area contributed by atoms with Crippen LogP contribution in [0.5, 0.6) is 5.75 Å². The minimum Gasteiger partial charge on any atom is -0.506 e. The largest absolute Gasteiger partial charge is 0.506 e. The lowest BCUT2D eigenvalue weighted by Gasteiger charge is -2.10. The van der Waals surface area contributed by atoms with E-state index < -0.39 is 0 Å². The number of benzene rings is 2. The van der Waals surface area contributed by atoms with Crippen molar-refractivity contribution >= 4 is 44.9 Å². The number of hydrogen-bond donors (Lipinski definition) is 3. The van der Waals surface area contributed by atoms with Gasteiger partial charge in [-0.3, -0.25) is 10.1 Å². The Morgan fingerprint density at radius 3 is 2.60 bits per heavy atom. The number of para-hydroxylation sites is 2. The second kappa shape index (κ2) is 6.49. The minimum atomic E-state index is -0.320. The maximum absolute atomic E-state index is 12.0. The standard InChI is InChI=1S/C14H11BrN2O2S/c15-10-5-3-4-9(8-10)13(19)17-14(20)16-11-6-1-2-7-12(11)18/h1-8,18H,(H2,16,17,19,20). The van der Waals surface area contributed by atoms with E-state index in [0.29, 0.717) is 11.3 Å². The van der Waals surface area contributed by atoms with Crippen LogP contribution in [0.3, 0.4) is 0 Å². The molecule has 4 nitrogen and oxygen atoms in total. The molecule has 0 saturated heterocycles. The Morgan fingerprint density at radius 2 is 1.90 bits per heavy atom. The fraction of sp³-hybridized carbons (Fsp3) is 0. The van der Waals surface area contributed by atoms with Crippen molar-refractivity contribution in [3.8, 4) is 5.75 Å². The molecule has 0 radical (unpaired) electrons. The van der Waals surface area contributed by atoms with E-state index in [0.717, 1.165) is 4.47 Å². The van der Waals surface area contributed by atoms with E-state index in [9.17, 15) is 9.90 Å². The Labute approximate surface area is 130 Å². The van der Waals surface area contributed by atoms with Crippen molar-refractivity contribution in [1.82, 2.24) is 5.32 Å². The lowest BCUT2D eigenvalue weighted by atomic mass is 10.2. The molecule has 6 heteroatoms. The van der Waals surface area contributed by atoms with E-state index >= 15 is 0 Å². The molecule has 2 aromatic rings. The number of hydrogen-bond acceptors (Lipinski definition) is 3. The molecule has 0 spiro atoms. The van der Waals surface area contributed by atoms with Gasteiger partial charge in [-0.2, -0.15) is 0 Å². The van der Waals surface area contributed by atoms with Crippen molar-refractivity contribution in [2.45, 2.75) is 0 Å². The van der Waals surface area contributed by atoms with E-state index in [2.05, 4.69) is 26.6 Å². The summed E-state index contributed by atoms with van der Waals surface area (Å²) in [5.74, 6) is -0.259. The molecular weight excluding hydrogens is 340 g/mol. The van der Waals surface area contributed by atoms with Gasteiger partial charge in [0, 0.05) is 10.0 Å². The smallest absolute Gasteiger partial charge is 0.257 e. The third-order valence-electron chi connectivity index (χ3n) is 2.47. The second-order valence-electron chi connectivity index (χ2n) is 3.94. The van der Waals surface area contributed by atoms with E-state index in [1.807, 2.05) is 6.07 Å². The average Bonchev–Trinajstić information content (AvgIpc) is 2.41. The monoisotopic (exact) mass is 350 g/mol. The highest BCUT2D eigenvalue weighted by atomic mass is 79.9. The first-order valence-corrected chi connectivity index (χ1v) is 6.92. The fourth-order valence-corrected chi connectivity index (χ4v) is 2.14. The van der Waals surface area contributed by atoms with Gasteiger partial charge in [-0.05, 0) is 42.5 Å². The Balaban J connectivity index is 2.02. The van der Waals surface area contributed by atoms with Crippen LogP contribution in [-0.4, -0.2) is 16.1 Å². The molecule has 20 heavy (non-hydrogen) atoms. The van der Waals surface area contributed by atoms with Crippen LogP contribution in [0, 0.1) is 0 Å². The van der Waals surface area contributed by atoms with Crippen molar-refractivity contribution in [1.29, 1.82) is 0 Å². The average molecular weight is 351 g/mol. The number of carbonyl (C=O) groups is 1. The number of phenols is 1. The topological polar surface area (TPSA) is 61.4 Å². The molecule has 0 unspecified atom stereocenters. The highest BCUT2D eigenvalue weighted by molar-refractivity contribution is 9.10. The number of phenolic OH excluding ortho intramolecular Hbond substituents is 1. The van der Waals surface area contributed by atoms with Gasteiger partial charge in [-0.1, -0.05) is 34.1 Å². The van der Waals surface area contributed by atoms with Gasteiger partial charge in [0.25, 0.3) is 5.91 Å². The molecule has 0 atom stereocenters. The molecule has 0 aliphatic rings. The SMILES string of the molecule is O=C(NC(=S)Nc1ccccc1O)c1cccc(Br)c1. The summed E-state index contributed by atoms with van der Waals surface area (Å²) in [7, 11) is 0. The number of nitrogens with one attached hydrogen (secondary N) is 2. The zero-order valence-corrected chi connectivity index (χ0v) is 12.7. The van der Waals surface area contributed by atoms with Crippen LogP contribution in [0.2, 0.25) is 0 Å². The van der Waals surface area contributed by atoms with Crippen molar-refractivity contribution < 1.29 is 9.90 Å². The van der Waals surface area contributed by atoms with Crippen molar-refractivity contribution in [3.05, 3.63) is 58.6 Å². The minimum absolute atomic E-state index is 0.0616. The molecule has 0 saturated carbocycles. The van der Waals surface area contributed by atoms with Crippen LogP contribution < -0.4 is 10.6 Å². The van der Waals surface area contributed by atoms with E-state index in [1.165, 1.54) is 6.07 Å². The summed E-state index contributed by atoms with van der Waals surface area (Å²) in [6.45, 7) is 0. The summed E-state index contributed by atoms with van der Waals surface area (Å²) in [6, 6.07) is 13.6. The Morgan fingerprint density at radius 1 is 1.15 bits per heavy atom. The van der Waals surface area contributed by atoms with Crippen LogP contribution in [-0.2, 0) is 0 Å². The van der Waals surface area contributed by atoms with E-state index in [4.69, 9.17) is 12.2 Å². The molecule has 1 amide bonds. The Hall–Kier alpha value is -1.92. The first-order chi connectivity index (χ1) is 9.56. The van der Waals surface area contributed by atoms with Gasteiger partial charge in [-0.15, -0.1) is 0 Å². The maximum Gasteiger partial charge on any atom is 0.257 e. The number of carbonyl (C=O) groups excluding carboxylic acids is 1. The lowest BCUT2D eigenvalue weighted by Crippen LogP contribution is -2.34. The maximum atomic E-state index is 12.0. The highest BCUT2D eigenvalue weighted by Gasteiger charge is 2.09. The molecule has 0 bridgehead atoms. The first kappa shape index (κ1) is 14.5. The van der Waals surface area contributed by atoms with Gasteiger partial charge < -0.3 is 10.4 Å². The van der Waals surface area contributed by atoms with Crippen molar-refractivity contribution in [3.63, 3.8) is 0 Å². The second-order valence-corrected chi connectivity index (χ2v) is 5.26. The Kier molecular flexibility index (Phi) is 4.70. The summed E-state index contributed by atoms with van der Waals surface area (Å²) in [4.78, 5) is 12.0. The molecule has 102 valence electrons.